The van der Waals surface area contributed by atoms with Gasteiger partial charge in [0, 0.05) is 17.5 Å². The molecule has 0 fully saturated rings. The van der Waals surface area contributed by atoms with Gasteiger partial charge in [-0.3, -0.25) is 0 Å². The summed E-state index contributed by atoms with van der Waals surface area (Å²) in [4.78, 5) is 1.19. The summed E-state index contributed by atoms with van der Waals surface area (Å²) in [6.07, 6.45) is 0. The van der Waals surface area contributed by atoms with Crippen molar-refractivity contribution >= 4 is 34.5 Å². The van der Waals surface area contributed by atoms with Crippen LogP contribution in [0.5, 0.6) is 11.5 Å². The highest BCUT2D eigenvalue weighted by Gasteiger charge is 2.14. The third kappa shape index (κ3) is 3.83. The van der Waals surface area contributed by atoms with Gasteiger partial charge in [0.1, 0.15) is 0 Å². The molecule has 2 rings (SSSR count). The van der Waals surface area contributed by atoms with E-state index in [0.717, 1.165) is 9.90 Å². The van der Waals surface area contributed by atoms with Gasteiger partial charge in [0.25, 0.3) is 0 Å². The maximum Gasteiger partial charge on any atom is 0.179 e. The van der Waals surface area contributed by atoms with E-state index < -0.39 is 0 Å². The maximum atomic E-state index is 6.36. The quantitative estimate of drug-likeness (QED) is 0.805. The van der Waals surface area contributed by atoms with Crippen LogP contribution < -0.4 is 14.8 Å². The molecule has 114 valence electrons. The van der Waals surface area contributed by atoms with Crippen LogP contribution in [0.15, 0.2) is 24.3 Å². The average molecular weight is 346 g/mol. The lowest BCUT2D eigenvalue weighted by Gasteiger charge is -2.16. The molecule has 1 aromatic carbocycles. The van der Waals surface area contributed by atoms with Crippen molar-refractivity contribution < 1.29 is 9.47 Å². The molecule has 0 spiro atoms. The lowest BCUT2D eigenvalue weighted by atomic mass is 10.1. The zero-order valence-corrected chi connectivity index (χ0v) is 14.4. The molecule has 0 saturated carbocycles. The second kappa shape index (κ2) is 7.36. The van der Waals surface area contributed by atoms with Crippen molar-refractivity contribution in [2.75, 3.05) is 14.2 Å². The summed E-state index contributed by atoms with van der Waals surface area (Å²) in [6, 6.07) is 7.93. The first-order valence-electron chi connectivity index (χ1n) is 6.44. The average Bonchev–Trinajstić information content (AvgIpc) is 2.92. The molecule has 6 heteroatoms. The van der Waals surface area contributed by atoms with Gasteiger partial charge in [-0.1, -0.05) is 29.3 Å². The lowest BCUT2D eigenvalue weighted by molar-refractivity contribution is 0.354. The SMILES string of the molecule is COc1ccc(CNC(C)c2ccc(Cl)s2)c(Cl)c1OC. The highest BCUT2D eigenvalue weighted by molar-refractivity contribution is 7.16. The van der Waals surface area contributed by atoms with Crippen LogP contribution >= 0.6 is 34.5 Å². The Hall–Kier alpha value is -0.940. The van der Waals surface area contributed by atoms with Crippen LogP contribution in [-0.4, -0.2) is 14.2 Å². The van der Waals surface area contributed by atoms with E-state index in [1.165, 1.54) is 4.88 Å². The van der Waals surface area contributed by atoms with E-state index in [0.29, 0.717) is 23.1 Å². The molecule has 0 amide bonds. The highest BCUT2D eigenvalue weighted by atomic mass is 35.5. The second-order valence-corrected chi connectivity index (χ2v) is 6.64. The molecule has 3 nitrogen and oxygen atoms in total. The Morgan fingerprint density at radius 2 is 1.90 bits per heavy atom. The van der Waals surface area contributed by atoms with Gasteiger partial charge in [0.15, 0.2) is 11.5 Å². The van der Waals surface area contributed by atoms with Crippen LogP contribution in [0.4, 0.5) is 0 Å². The maximum absolute atomic E-state index is 6.36. The van der Waals surface area contributed by atoms with Crippen molar-refractivity contribution in [3.63, 3.8) is 0 Å². The summed E-state index contributed by atoms with van der Waals surface area (Å²) in [6.45, 7) is 2.73. The number of benzene rings is 1. The predicted octanol–water partition coefficient (Wildman–Crippen LogP) is 4.92. The molecular formula is C15H17Cl2NO2S. The minimum absolute atomic E-state index is 0.201. The first-order chi connectivity index (χ1) is 10.1. The minimum atomic E-state index is 0.201. The van der Waals surface area contributed by atoms with Gasteiger partial charge in [-0.15, -0.1) is 11.3 Å². The second-order valence-electron chi connectivity index (χ2n) is 4.52. The van der Waals surface area contributed by atoms with Crippen LogP contribution in [0.2, 0.25) is 9.36 Å². The molecule has 2 aromatic rings. The normalized spacial score (nSPS) is 12.2. The van der Waals surface area contributed by atoms with E-state index in [1.807, 2.05) is 24.3 Å². The number of ether oxygens (including phenoxy) is 2. The summed E-state index contributed by atoms with van der Waals surface area (Å²) in [7, 11) is 3.17. The van der Waals surface area contributed by atoms with Gasteiger partial charge in [0.2, 0.25) is 0 Å². The molecule has 0 aliphatic rings. The molecular weight excluding hydrogens is 329 g/mol. The topological polar surface area (TPSA) is 30.5 Å². The summed E-state index contributed by atoms with van der Waals surface area (Å²) in [5.74, 6) is 1.19. The number of nitrogens with one attached hydrogen (secondary N) is 1. The van der Waals surface area contributed by atoms with E-state index in [9.17, 15) is 0 Å². The smallest absolute Gasteiger partial charge is 0.179 e. The Morgan fingerprint density at radius 3 is 2.48 bits per heavy atom. The summed E-state index contributed by atoms with van der Waals surface area (Å²) < 4.78 is 11.3. The van der Waals surface area contributed by atoms with Crippen molar-refractivity contribution in [3.05, 3.63) is 44.1 Å². The van der Waals surface area contributed by atoms with Gasteiger partial charge in [0.05, 0.1) is 23.6 Å². The Bertz CT molecular complexity index is 616. The van der Waals surface area contributed by atoms with Crippen molar-refractivity contribution in [3.8, 4) is 11.5 Å². The molecule has 1 aromatic heterocycles. The Labute approximate surface area is 138 Å². The molecule has 21 heavy (non-hydrogen) atoms. The predicted molar refractivity (Wildman–Crippen MR) is 89.1 cm³/mol. The first-order valence-corrected chi connectivity index (χ1v) is 8.02. The summed E-state index contributed by atoms with van der Waals surface area (Å²) >= 11 is 13.9. The third-order valence-corrected chi connectivity index (χ3v) is 5.01. The number of thiophene rings is 1. The largest absolute Gasteiger partial charge is 0.493 e. The molecule has 0 saturated heterocycles. The molecule has 1 unspecified atom stereocenters. The van der Waals surface area contributed by atoms with Gasteiger partial charge in [-0.2, -0.15) is 0 Å². The lowest BCUT2D eigenvalue weighted by Crippen LogP contribution is -2.17. The van der Waals surface area contributed by atoms with Crippen LogP contribution in [0.3, 0.4) is 0 Å². The zero-order chi connectivity index (χ0) is 15.4. The summed E-state index contributed by atoms with van der Waals surface area (Å²) in [5, 5.41) is 4.00. The van der Waals surface area contributed by atoms with E-state index in [1.54, 1.807) is 25.6 Å². The highest BCUT2D eigenvalue weighted by Crippen LogP contribution is 2.37. The van der Waals surface area contributed by atoms with E-state index in [2.05, 4.69) is 12.2 Å². The molecule has 1 atom stereocenters. The number of hydrogen-bond donors (Lipinski definition) is 1. The van der Waals surface area contributed by atoms with Crippen molar-refractivity contribution in [1.29, 1.82) is 0 Å². The van der Waals surface area contributed by atoms with Crippen LogP contribution in [-0.2, 0) is 6.54 Å². The zero-order valence-electron chi connectivity index (χ0n) is 12.1. The molecule has 0 aliphatic carbocycles. The van der Waals surface area contributed by atoms with E-state index >= 15 is 0 Å². The van der Waals surface area contributed by atoms with Gasteiger partial charge >= 0.3 is 0 Å². The number of rotatable bonds is 6. The molecule has 1 N–H and O–H groups in total. The van der Waals surface area contributed by atoms with E-state index in [-0.39, 0.29) is 6.04 Å². The van der Waals surface area contributed by atoms with Crippen LogP contribution in [0, 0.1) is 0 Å². The standard InChI is InChI=1S/C15H17Cl2NO2S/c1-9(12-6-7-13(16)21-12)18-8-10-4-5-11(19-2)15(20-3)14(10)17/h4-7,9,18H,8H2,1-3H3. The van der Waals surface area contributed by atoms with Gasteiger partial charge in [-0.05, 0) is 30.7 Å². The molecule has 1 heterocycles. The Balaban J connectivity index is 2.10. The molecule has 0 radical (unpaired) electrons. The van der Waals surface area contributed by atoms with Gasteiger partial charge in [-0.25, -0.2) is 0 Å². The summed E-state index contributed by atoms with van der Waals surface area (Å²) in [5.41, 5.74) is 0.962. The van der Waals surface area contributed by atoms with Crippen LogP contribution in [0.25, 0.3) is 0 Å². The van der Waals surface area contributed by atoms with Crippen molar-refractivity contribution in [2.45, 2.75) is 19.5 Å². The Morgan fingerprint density at radius 1 is 1.14 bits per heavy atom. The molecule has 0 aliphatic heterocycles. The third-order valence-electron chi connectivity index (χ3n) is 3.18. The minimum Gasteiger partial charge on any atom is -0.493 e. The fraction of sp³-hybridized carbons (Fsp3) is 0.333. The van der Waals surface area contributed by atoms with Crippen LogP contribution in [0.1, 0.15) is 23.4 Å². The number of hydrogen-bond acceptors (Lipinski definition) is 4. The monoisotopic (exact) mass is 345 g/mol. The molecule has 0 bridgehead atoms. The number of methoxy groups -OCH3 is 2. The van der Waals surface area contributed by atoms with Crippen molar-refractivity contribution in [2.24, 2.45) is 0 Å². The van der Waals surface area contributed by atoms with Crippen molar-refractivity contribution in [1.82, 2.24) is 5.32 Å². The Kier molecular flexibility index (Phi) is 5.76. The van der Waals surface area contributed by atoms with Gasteiger partial charge < -0.3 is 14.8 Å². The van der Waals surface area contributed by atoms with E-state index in [4.69, 9.17) is 32.7 Å². The fourth-order valence-electron chi connectivity index (χ4n) is 1.99. The number of halogens is 2. The first kappa shape index (κ1) is 16.4. The fourth-order valence-corrected chi connectivity index (χ4v) is 3.38.